The number of benzene rings is 1. The second kappa shape index (κ2) is 6.82. The highest BCUT2D eigenvalue weighted by molar-refractivity contribution is 5.91. The number of rotatable bonds is 3. The minimum Gasteiger partial charge on any atom is -0.465 e. The van der Waals surface area contributed by atoms with Crippen LogP contribution in [0.1, 0.15) is 27.7 Å². The second-order valence-electron chi connectivity index (χ2n) is 6.56. The molecule has 10 heteroatoms. The first kappa shape index (κ1) is 18.8. The number of methoxy groups -OCH3 is 1. The van der Waals surface area contributed by atoms with Crippen molar-refractivity contribution in [3.05, 3.63) is 59.5 Å². The standard InChI is InChI=1S/C19H17N5O5/c1-28-18(27)11-5-3-2-4-10(11)15-14(25)16(26)19(8-20,29-15)13-7-6-12-17(21)22-9-23-24(12)13/h2-7,9,14-16,25-26H,1H3,(H2,21,22,23)/t14-,15-,16-,19+/m1/s1. The summed E-state index contributed by atoms with van der Waals surface area (Å²) in [6, 6.07) is 11.4. The Morgan fingerprint density at radius 2 is 2.10 bits per heavy atom. The monoisotopic (exact) mass is 395 g/mol. The Kier molecular flexibility index (Phi) is 4.43. The minimum atomic E-state index is -1.96. The third kappa shape index (κ3) is 2.64. The number of aliphatic hydroxyl groups excluding tert-OH is 2. The molecule has 3 aromatic rings. The number of aromatic nitrogens is 3. The van der Waals surface area contributed by atoms with E-state index in [-0.39, 0.29) is 22.6 Å². The van der Waals surface area contributed by atoms with Gasteiger partial charge in [-0.25, -0.2) is 14.3 Å². The molecule has 2 aromatic heterocycles. The van der Waals surface area contributed by atoms with Gasteiger partial charge in [0.25, 0.3) is 0 Å². The van der Waals surface area contributed by atoms with Crippen LogP contribution in [0.5, 0.6) is 0 Å². The molecule has 0 aliphatic carbocycles. The van der Waals surface area contributed by atoms with E-state index in [9.17, 15) is 20.3 Å². The number of ether oxygens (including phenoxy) is 2. The van der Waals surface area contributed by atoms with Crippen molar-refractivity contribution in [2.24, 2.45) is 0 Å². The summed E-state index contributed by atoms with van der Waals surface area (Å²) in [5, 5.41) is 35.6. The van der Waals surface area contributed by atoms with Gasteiger partial charge in [0.1, 0.15) is 36.2 Å². The zero-order valence-electron chi connectivity index (χ0n) is 15.3. The van der Waals surface area contributed by atoms with E-state index in [0.717, 1.165) is 0 Å². The van der Waals surface area contributed by atoms with Gasteiger partial charge < -0.3 is 25.4 Å². The van der Waals surface area contributed by atoms with Crippen molar-refractivity contribution in [2.75, 3.05) is 12.8 Å². The highest BCUT2D eigenvalue weighted by Gasteiger charge is 2.58. The summed E-state index contributed by atoms with van der Waals surface area (Å²) in [6.45, 7) is 0. The predicted octanol–water partition coefficient (Wildman–Crippen LogP) is 0.310. The third-order valence-corrected chi connectivity index (χ3v) is 5.06. The number of nitrogens with zero attached hydrogens (tertiary/aromatic N) is 4. The Morgan fingerprint density at radius 1 is 1.34 bits per heavy atom. The number of aliphatic hydroxyl groups is 2. The Hall–Kier alpha value is -3.52. The number of nitrogens with two attached hydrogens (primary N) is 1. The average molecular weight is 395 g/mol. The summed E-state index contributed by atoms with van der Waals surface area (Å²) in [5.41, 5.74) is 4.93. The van der Waals surface area contributed by atoms with Gasteiger partial charge in [0, 0.05) is 0 Å². The molecular weight excluding hydrogens is 378 g/mol. The number of hydrogen-bond acceptors (Lipinski definition) is 9. The molecule has 1 fully saturated rings. The first-order valence-electron chi connectivity index (χ1n) is 8.65. The Labute approximate surface area is 164 Å². The van der Waals surface area contributed by atoms with Crippen molar-refractivity contribution in [1.82, 2.24) is 14.6 Å². The number of fused-ring (bicyclic) bond motifs is 1. The van der Waals surface area contributed by atoms with Crippen molar-refractivity contribution in [3.63, 3.8) is 0 Å². The van der Waals surface area contributed by atoms with Gasteiger partial charge in [0.05, 0.1) is 18.4 Å². The van der Waals surface area contributed by atoms with Crippen LogP contribution in [-0.2, 0) is 15.1 Å². The summed E-state index contributed by atoms with van der Waals surface area (Å²) in [4.78, 5) is 16.0. The molecule has 3 heterocycles. The van der Waals surface area contributed by atoms with Crippen molar-refractivity contribution in [1.29, 1.82) is 5.26 Å². The van der Waals surface area contributed by atoms with E-state index >= 15 is 0 Å². The summed E-state index contributed by atoms with van der Waals surface area (Å²) in [6.07, 6.45) is -3.08. The lowest BCUT2D eigenvalue weighted by molar-refractivity contribution is -0.0516. The fourth-order valence-electron chi connectivity index (χ4n) is 3.63. The molecule has 4 N–H and O–H groups in total. The lowest BCUT2D eigenvalue weighted by atomic mass is 9.90. The van der Waals surface area contributed by atoms with E-state index in [1.165, 1.54) is 30.1 Å². The van der Waals surface area contributed by atoms with Gasteiger partial charge in [-0.05, 0) is 23.8 Å². The van der Waals surface area contributed by atoms with Crippen molar-refractivity contribution < 1.29 is 24.5 Å². The first-order valence-corrected chi connectivity index (χ1v) is 8.65. The Balaban J connectivity index is 1.85. The van der Waals surface area contributed by atoms with E-state index in [4.69, 9.17) is 15.2 Å². The topological polar surface area (TPSA) is 156 Å². The lowest BCUT2D eigenvalue weighted by Gasteiger charge is -2.24. The third-order valence-electron chi connectivity index (χ3n) is 5.06. The van der Waals surface area contributed by atoms with Gasteiger partial charge in [0.15, 0.2) is 5.82 Å². The summed E-state index contributed by atoms with van der Waals surface area (Å²) < 4.78 is 12.1. The predicted molar refractivity (Wildman–Crippen MR) is 98.3 cm³/mol. The maximum atomic E-state index is 12.1. The van der Waals surface area contributed by atoms with Crippen LogP contribution in [0.4, 0.5) is 5.82 Å². The van der Waals surface area contributed by atoms with Crippen LogP contribution in [-0.4, -0.2) is 50.1 Å². The van der Waals surface area contributed by atoms with Crippen LogP contribution >= 0.6 is 0 Å². The number of carbonyl (C=O) groups excluding carboxylic acids is 1. The molecule has 1 aliphatic heterocycles. The molecule has 1 aromatic carbocycles. The van der Waals surface area contributed by atoms with Gasteiger partial charge in [-0.3, -0.25) is 0 Å². The molecular formula is C19H17N5O5. The lowest BCUT2D eigenvalue weighted by Crippen LogP contribution is -2.40. The molecule has 148 valence electrons. The largest absolute Gasteiger partial charge is 0.465 e. The van der Waals surface area contributed by atoms with Crippen molar-refractivity contribution in [3.8, 4) is 6.07 Å². The van der Waals surface area contributed by atoms with Crippen LogP contribution < -0.4 is 5.73 Å². The molecule has 0 unspecified atom stereocenters. The van der Waals surface area contributed by atoms with Crippen LogP contribution in [0.2, 0.25) is 0 Å². The van der Waals surface area contributed by atoms with Crippen LogP contribution in [0.15, 0.2) is 42.7 Å². The highest BCUT2D eigenvalue weighted by Crippen LogP contribution is 2.46. The quantitative estimate of drug-likeness (QED) is 0.531. The number of anilines is 1. The average Bonchev–Trinajstić information content (AvgIpc) is 3.29. The maximum absolute atomic E-state index is 12.1. The molecule has 0 spiro atoms. The smallest absolute Gasteiger partial charge is 0.338 e. The van der Waals surface area contributed by atoms with Gasteiger partial charge in [-0.2, -0.15) is 10.4 Å². The van der Waals surface area contributed by atoms with E-state index in [1.807, 2.05) is 6.07 Å². The fraction of sp³-hybridized carbons (Fsp3) is 0.263. The van der Waals surface area contributed by atoms with Crippen molar-refractivity contribution in [2.45, 2.75) is 23.9 Å². The minimum absolute atomic E-state index is 0.159. The van der Waals surface area contributed by atoms with E-state index in [1.54, 1.807) is 24.3 Å². The first-order chi connectivity index (χ1) is 13.9. The molecule has 1 aliphatic rings. The van der Waals surface area contributed by atoms with Crippen LogP contribution in [0.25, 0.3) is 5.52 Å². The fourth-order valence-corrected chi connectivity index (χ4v) is 3.63. The molecule has 4 atom stereocenters. The van der Waals surface area contributed by atoms with E-state index < -0.39 is 29.9 Å². The molecule has 0 bridgehead atoms. The van der Waals surface area contributed by atoms with Gasteiger partial charge >= 0.3 is 5.97 Å². The number of esters is 1. The maximum Gasteiger partial charge on any atom is 0.338 e. The number of carbonyl (C=O) groups is 1. The molecule has 1 saturated heterocycles. The number of nitrogen functional groups attached to an aromatic ring is 1. The van der Waals surface area contributed by atoms with E-state index in [2.05, 4.69) is 10.1 Å². The molecule has 4 rings (SSSR count). The van der Waals surface area contributed by atoms with Gasteiger partial charge in [-0.1, -0.05) is 18.2 Å². The normalized spacial score (nSPS) is 26.3. The SMILES string of the molecule is COC(=O)c1ccccc1[C@H]1O[C@@](C#N)(c2ccc3c(N)ncnn23)[C@H](O)[C@@H]1O. The summed E-state index contributed by atoms with van der Waals surface area (Å²) >= 11 is 0. The zero-order chi connectivity index (χ0) is 20.8. The number of hydrogen-bond donors (Lipinski definition) is 3. The van der Waals surface area contributed by atoms with Crippen molar-refractivity contribution >= 4 is 17.3 Å². The summed E-state index contributed by atoms with van der Waals surface area (Å²) in [7, 11) is 1.23. The van der Waals surface area contributed by atoms with Crippen LogP contribution in [0.3, 0.4) is 0 Å². The highest BCUT2D eigenvalue weighted by atomic mass is 16.6. The Morgan fingerprint density at radius 3 is 2.83 bits per heavy atom. The molecule has 29 heavy (non-hydrogen) atoms. The second-order valence-corrected chi connectivity index (χ2v) is 6.56. The zero-order valence-corrected chi connectivity index (χ0v) is 15.3. The Bertz CT molecular complexity index is 1140. The van der Waals surface area contributed by atoms with Gasteiger partial charge in [0.2, 0.25) is 5.60 Å². The number of nitriles is 1. The molecule has 0 amide bonds. The van der Waals surface area contributed by atoms with Crippen LogP contribution in [0, 0.1) is 11.3 Å². The molecule has 10 nitrogen and oxygen atoms in total. The van der Waals surface area contributed by atoms with Gasteiger partial charge in [-0.15, -0.1) is 0 Å². The molecule has 0 radical (unpaired) electrons. The summed E-state index contributed by atoms with van der Waals surface area (Å²) in [5.74, 6) is -0.450. The van der Waals surface area contributed by atoms with E-state index in [0.29, 0.717) is 5.52 Å². The molecule has 0 saturated carbocycles.